The second-order valence-corrected chi connectivity index (χ2v) is 7.23. The largest absolute Gasteiger partial charge is 0.497 e. The minimum absolute atomic E-state index is 0.173. The molecule has 3 rings (SSSR count). The Balaban J connectivity index is 1.96. The van der Waals surface area contributed by atoms with Crippen molar-refractivity contribution in [2.45, 2.75) is 6.92 Å². The van der Waals surface area contributed by atoms with E-state index < -0.39 is 0 Å². The molecule has 1 amide bonds. The molecule has 0 radical (unpaired) electrons. The van der Waals surface area contributed by atoms with Gasteiger partial charge in [-0.15, -0.1) is 0 Å². The van der Waals surface area contributed by atoms with E-state index in [1.54, 1.807) is 25.2 Å². The highest BCUT2D eigenvalue weighted by Gasteiger charge is 2.32. The summed E-state index contributed by atoms with van der Waals surface area (Å²) in [6.07, 6.45) is 1.78. The Hall–Kier alpha value is -2.99. The SMILES string of the molecule is C=C(C)CSC1=N/C(=C\c2ccc(OC)cc2)C(=O)N1c1cccc(OC)c1. The molecule has 0 bridgehead atoms. The van der Waals surface area contributed by atoms with Crippen LogP contribution in [0.2, 0.25) is 0 Å². The molecule has 0 aromatic heterocycles. The van der Waals surface area contributed by atoms with Gasteiger partial charge >= 0.3 is 0 Å². The quantitative estimate of drug-likeness (QED) is 0.524. The zero-order chi connectivity index (χ0) is 20.1. The van der Waals surface area contributed by atoms with E-state index in [9.17, 15) is 4.79 Å². The minimum atomic E-state index is -0.173. The van der Waals surface area contributed by atoms with E-state index in [-0.39, 0.29) is 5.91 Å². The van der Waals surface area contributed by atoms with Crippen LogP contribution in [0.25, 0.3) is 6.08 Å². The highest BCUT2D eigenvalue weighted by molar-refractivity contribution is 8.14. The van der Waals surface area contributed by atoms with Crippen molar-refractivity contribution in [3.8, 4) is 11.5 Å². The molecule has 144 valence electrons. The highest BCUT2D eigenvalue weighted by atomic mass is 32.2. The third-order valence-electron chi connectivity index (χ3n) is 4.01. The van der Waals surface area contributed by atoms with Gasteiger partial charge in [-0.2, -0.15) is 0 Å². The summed E-state index contributed by atoms with van der Waals surface area (Å²) >= 11 is 1.49. The average Bonchev–Trinajstić information content (AvgIpc) is 3.02. The van der Waals surface area contributed by atoms with Gasteiger partial charge in [0.25, 0.3) is 5.91 Å². The summed E-state index contributed by atoms with van der Waals surface area (Å²) in [5.74, 6) is 1.96. The molecule has 0 fully saturated rings. The van der Waals surface area contributed by atoms with Gasteiger partial charge in [0.05, 0.1) is 19.9 Å². The lowest BCUT2D eigenvalue weighted by molar-refractivity contribution is -0.113. The first-order valence-electron chi connectivity index (χ1n) is 8.72. The standard InChI is InChI=1S/C22H22N2O3S/c1-15(2)14-28-22-23-20(12-16-8-10-18(26-3)11-9-16)21(25)24(22)17-6-5-7-19(13-17)27-4/h5-13H,1,14H2,2-4H3/b20-12-. The summed E-state index contributed by atoms with van der Waals surface area (Å²) in [6.45, 7) is 5.89. The number of carbonyl (C=O) groups is 1. The lowest BCUT2D eigenvalue weighted by Crippen LogP contribution is -2.30. The van der Waals surface area contributed by atoms with Crippen LogP contribution in [-0.2, 0) is 4.79 Å². The Morgan fingerprint density at radius 2 is 1.86 bits per heavy atom. The van der Waals surface area contributed by atoms with Crippen LogP contribution in [0.5, 0.6) is 11.5 Å². The molecule has 0 saturated carbocycles. The lowest BCUT2D eigenvalue weighted by atomic mass is 10.2. The Bertz CT molecular complexity index is 949. The third kappa shape index (κ3) is 4.46. The fourth-order valence-corrected chi connectivity index (χ4v) is 3.47. The molecule has 1 heterocycles. The van der Waals surface area contributed by atoms with Crippen LogP contribution in [-0.4, -0.2) is 31.0 Å². The number of aliphatic imine (C=N–C) groups is 1. The van der Waals surface area contributed by atoms with Crippen LogP contribution in [0.1, 0.15) is 12.5 Å². The molecule has 0 unspecified atom stereocenters. The van der Waals surface area contributed by atoms with Crippen LogP contribution in [0, 0.1) is 0 Å². The van der Waals surface area contributed by atoms with E-state index in [0.717, 1.165) is 22.6 Å². The first-order valence-corrected chi connectivity index (χ1v) is 9.70. The second-order valence-electron chi connectivity index (χ2n) is 6.28. The Morgan fingerprint density at radius 3 is 2.50 bits per heavy atom. The number of hydrogen-bond acceptors (Lipinski definition) is 5. The average molecular weight is 394 g/mol. The summed E-state index contributed by atoms with van der Waals surface area (Å²) in [5.41, 5.74) is 3.00. The van der Waals surface area contributed by atoms with Crippen LogP contribution < -0.4 is 14.4 Å². The van der Waals surface area contributed by atoms with E-state index in [0.29, 0.717) is 22.4 Å². The van der Waals surface area contributed by atoms with Gasteiger partial charge in [-0.1, -0.05) is 42.1 Å². The van der Waals surface area contributed by atoms with Crippen LogP contribution in [0.3, 0.4) is 0 Å². The zero-order valence-corrected chi connectivity index (χ0v) is 17.0. The summed E-state index contributed by atoms with van der Waals surface area (Å²) in [7, 11) is 3.22. The molecule has 1 aliphatic heterocycles. The number of amidine groups is 1. The number of methoxy groups -OCH3 is 2. The van der Waals surface area contributed by atoms with Gasteiger partial charge in [0.2, 0.25) is 0 Å². The number of ether oxygens (including phenoxy) is 2. The Kier molecular flexibility index (Phi) is 6.21. The number of anilines is 1. The van der Waals surface area contributed by atoms with E-state index in [2.05, 4.69) is 11.6 Å². The first-order chi connectivity index (χ1) is 13.5. The van der Waals surface area contributed by atoms with Gasteiger partial charge in [-0.25, -0.2) is 4.99 Å². The lowest BCUT2D eigenvalue weighted by Gasteiger charge is -2.18. The normalized spacial score (nSPS) is 15.0. The maximum atomic E-state index is 13.1. The van der Waals surface area contributed by atoms with Crippen molar-refractivity contribution < 1.29 is 14.3 Å². The monoisotopic (exact) mass is 394 g/mol. The number of nitrogens with zero attached hydrogens (tertiary/aromatic N) is 2. The van der Waals surface area contributed by atoms with E-state index in [1.165, 1.54) is 11.8 Å². The molecule has 0 spiro atoms. The van der Waals surface area contributed by atoms with Crippen molar-refractivity contribution in [1.82, 2.24) is 0 Å². The summed E-state index contributed by atoms with van der Waals surface area (Å²) in [5, 5.41) is 0.626. The molecule has 0 saturated heterocycles. The van der Waals surface area contributed by atoms with Gasteiger partial charge < -0.3 is 9.47 Å². The summed E-state index contributed by atoms with van der Waals surface area (Å²) in [6, 6.07) is 14.9. The van der Waals surface area contributed by atoms with Crippen molar-refractivity contribution in [3.05, 3.63) is 71.9 Å². The van der Waals surface area contributed by atoms with E-state index in [1.807, 2.05) is 55.5 Å². The molecule has 0 atom stereocenters. The molecule has 0 N–H and O–H groups in total. The predicted molar refractivity (Wildman–Crippen MR) is 116 cm³/mol. The Labute approximate surface area is 169 Å². The minimum Gasteiger partial charge on any atom is -0.497 e. The summed E-state index contributed by atoms with van der Waals surface area (Å²) < 4.78 is 10.5. The number of carbonyl (C=O) groups excluding carboxylic acids is 1. The molecular weight excluding hydrogens is 372 g/mol. The Morgan fingerprint density at radius 1 is 1.14 bits per heavy atom. The van der Waals surface area contributed by atoms with Crippen molar-refractivity contribution >= 4 is 34.6 Å². The molecule has 28 heavy (non-hydrogen) atoms. The topological polar surface area (TPSA) is 51.1 Å². The number of rotatable bonds is 6. The molecule has 2 aromatic carbocycles. The van der Waals surface area contributed by atoms with Crippen LogP contribution >= 0.6 is 11.8 Å². The molecule has 1 aliphatic rings. The smallest absolute Gasteiger partial charge is 0.283 e. The summed E-state index contributed by atoms with van der Waals surface area (Å²) in [4.78, 5) is 19.3. The molecule has 6 heteroatoms. The zero-order valence-electron chi connectivity index (χ0n) is 16.1. The molecular formula is C22H22N2O3S. The fraction of sp³-hybridized carbons (Fsp3) is 0.182. The molecule has 0 aliphatic carbocycles. The van der Waals surface area contributed by atoms with Gasteiger partial charge in [0.15, 0.2) is 5.17 Å². The van der Waals surface area contributed by atoms with Crippen LogP contribution in [0.15, 0.2) is 71.4 Å². The van der Waals surface area contributed by atoms with Crippen molar-refractivity contribution in [1.29, 1.82) is 0 Å². The number of thioether (sulfide) groups is 1. The first kappa shape index (κ1) is 19.8. The second kappa shape index (κ2) is 8.80. The van der Waals surface area contributed by atoms with Gasteiger partial charge in [-0.3, -0.25) is 9.69 Å². The highest BCUT2D eigenvalue weighted by Crippen LogP contribution is 2.31. The van der Waals surface area contributed by atoms with Crippen molar-refractivity contribution in [3.63, 3.8) is 0 Å². The van der Waals surface area contributed by atoms with Gasteiger partial charge in [0.1, 0.15) is 17.2 Å². The van der Waals surface area contributed by atoms with Crippen molar-refractivity contribution in [2.24, 2.45) is 4.99 Å². The van der Waals surface area contributed by atoms with E-state index in [4.69, 9.17) is 9.47 Å². The number of benzene rings is 2. The fourth-order valence-electron chi connectivity index (χ4n) is 2.62. The number of hydrogen-bond donors (Lipinski definition) is 0. The van der Waals surface area contributed by atoms with Gasteiger partial charge in [0, 0.05) is 11.8 Å². The maximum Gasteiger partial charge on any atom is 0.283 e. The molecule has 2 aromatic rings. The molecule has 5 nitrogen and oxygen atoms in total. The van der Waals surface area contributed by atoms with Gasteiger partial charge in [-0.05, 0) is 42.8 Å². The number of amides is 1. The van der Waals surface area contributed by atoms with Crippen LogP contribution in [0.4, 0.5) is 5.69 Å². The van der Waals surface area contributed by atoms with Crippen molar-refractivity contribution in [2.75, 3.05) is 24.9 Å². The van der Waals surface area contributed by atoms with E-state index >= 15 is 0 Å². The maximum absolute atomic E-state index is 13.1. The third-order valence-corrected chi connectivity index (χ3v) is 5.18. The predicted octanol–water partition coefficient (Wildman–Crippen LogP) is 4.76.